The Morgan fingerprint density at radius 1 is 1.04 bits per heavy atom. The van der Waals surface area contributed by atoms with Gasteiger partial charge in [-0.15, -0.1) is 10.2 Å². The van der Waals surface area contributed by atoms with Gasteiger partial charge < -0.3 is 4.42 Å². The Bertz CT molecular complexity index is 1070. The molecule has 0 N–H and O–H groups in total. The highest BCUT2D eigenvalue weighted by molar-refractivity contribution is 6.33. The molecule has 3 heterocycles. The van der Waals surface area contributed by atoms with Gasteiger partial charge in [-0.05, 0) is 32.0 Å². The Labute approximate surface area is 143 Å². The van der Waals surface area contributed by atoms with Crippen LogP contribution in [0.25, 0.3) is 34.1 Å². The van der Waals surface area contributed by atoms with E-state index >= 15 is 0 Å². The van der Waals surface area contributed by atoms with Crippen molar-refractivity contribution < 1.29 is 4.42 Å². The number of aryl methyl sites for hydroxylation is 2. The molecule has 24 heavy (non-hydrogen) atoms. The topological polar surface area (TPSA) is 69.6 Å². The monoisotopic (exact) mass is 339 g/mol. The highest BCUT2D eigenvalue weighted by Gasteiger charge is 2.19. The molecule has 0 aliphatic heterocycles. The molecule has 0 spiro atoms. The third-order valence-electron chi connectivity index (χ3n) is 3.95. The molecule has 0 aliphatic carbocycles. The minimum Gasteiger partial charge on any atom is -0.413 e. The quantitative estimate of drug-likeness (QED) is 0.553. The second-order valence-corrected chi connectivity index (χ2v) is 6.05. The number of benzene rings is 1. The van der Waals surface area contributed by atoms with Crippen LogP contribution in [-0.2, 0) is 7.05 Å². The summed E-state index contributed by atoms with van der Waals surface area (Å²) >= 11 is 6.27. The van der Waals surface area contributed by atoms with Crippen molar-refractivity contribution in [3.05, 3.63) is 46.6 Å². The molecule has 1 aromatic carbocycles. The summed E-state index contributed by atoms with van der Waals surface area (Å²) in [7, 11) is 1.81. The van der Waals surface area contributed by atoms with Crippen LogP contribution in [0.4, 0.5) is 0 Å². The van der Waals surface area contributed by atoms with Gasteiger partial charge in [-0.25, -0.2) is 4.98 Å². The maximum absolute atomic E-state index is 6.27. The lowest BCUT2D eigenvalue weighted by Gasteiger charge is -2.00. The molecule has 120 valence electrons. The van der Waals surface area contributed by atoms with Gasteiger partial charge in [0.25, 0.3) is 11.8 Å². The number of hydrogen-bond donors (Lipinski definition) is 0. The minimum absolute atomic E-state index is 0.282. The Hall–Kier alpha value is -2.73. The molecule has 6 nitrogen and oxygen atoms in total. The highest BCUT2D eigenvalue weighted by Crippen LogP contribution is 2.30. The SMILES string of the molecule is Cc1ccc2nc(-c3nnc(-c4nn(C)c(C)c4Cl)o3)ccc2c1. The van der Waals surface area contributed by atoms with E-state index in [-0.39, 0.29) is 5.89 Å². The molecule has 0 bridgehead atoms. The lowest BCUT2D eigenvalue weighted by atomic mass is 10.1. The molecule has 0 radical (unpaired) electrons. The first-order valence-corrected chi connectivity index (χ1v) is 7.81. The third kappa shape index (κ3) is 2.35. The van der Waals surface area contributed by atoms with E-state index in [2.05, 4.69) is 33.3 Å². The fourth-order valence-corrected chi connectivity index (χ4v) is 2.75. The van der Waals surface area contributed by atoms with Crippen molar-refractivity contribution >= 4 is 22.5 Å². The van der Waals surface area contributed by atoms with E-state index in [1.807, 2.05) is 38.2 Å². The van der Waals surface area contributed by atoms with Gasteiger partial charge in [0.05, 0.1) is 16.2 Å². The van der Waals surface area contributed by atoms with Gasteiger partial charge in [0, 0.05) is 12.4 Å². The first-order chi connectivity index (χ1) is 11.5. The number of halogens is 1. The van der Waals surface area contributed by atoms with Crippen molar-refractivity contribution in [2.24, 2.45) is 7.05 Å². The predicted molar refractivity (Wildman–Crippen MR) is 91.7 cm³/mol. The molecule has 0 saturated heterocycles. The zero-order valence-corrected chi connectivity index (χ0v) is 14.2. The molecular weight excluding hydrogens is 326 g/mol. The summed E-state index contributed by atoms with van der Waals surface area (Å²) in [5.41, 5.74) is 4.01. The molecule has 0 atom stereocenters. The number of fused-ring (bicyclic) bond motifs is 1. The van der Waals surface area contributed by atoms with Gasteiger partial charge in [-0.3, -0.25) is 4.68 Å². The maximum Gasteiger partial charge on any atom is 0.270 e. The summed E-state index contributed by atoms with van der Waals surface area (Å²) in [5, 5.41) is 14.0. The molecule has 4 aromatic rings. The van der Waals surface area contributed by atoms with Gasteiger partial charge in [-0.2, -0.15) is 5.10 Å². The third-order valence-corrected chi connectivity index (χ3v) is 4.40. The van der Waals surface area contributed by atoms with Crippen LogP contribution >= 0.6 is 11.6 Å². The molecule has 3 aromatic heterocycles. The van der Waals surface area contributed by atoms with Crippen molar-refractivity contribution in [2.75, 3.05) is 0 Å². The largest absolute Gasteiger partial charge is 0.413 e. The average molecular weight is 340 g/mol. The predicted octanol–water partition coefficient (Wildman–Crippen LogP) is 3.96. The van der Waals surface area contributed by atoms with Gasteiger partial charge in [-0.1, -0.05) is 29.3 Å². The molecule has 4 rings (SSSR count). The molecule has 0 unspecified atom stereocenters. The second-order valence-electron chi connectivity index (χ2n) is 5.68. The van der Waals surface area contributed by atoms with Crippen molar-refractivity contribution in [1.82, 2.24) is 25.0 Å². The van der Waals surface area contributed by atoms with Crippen LogP contribution in [0.5, 0.6) is 0 Å². The van der Waals surface area contributed by atoms with Crippen LogP contribution in [0.3, 0.4) is 0 Å². The second kappa shape index (κ2) is 5.42. The number of pyridine rings is 1. The van der Waals surface area contributed by atoms with Crippen molar-refractivity contribution in [3.8, 4) is 23.2 Å². The average Bonchev–Trinajstić information content (AvgIpc) is 3.15. The first kappa shape index (κ1) is 14.8. The number of hydrogen-bond acceptors (Lipinski definition) is 5. The zero-order chi connectivity index (χ0) is 16.8. The summed E-state index contributed by atoms with van der Waals surface area (Å²) in [4.78, 5) is 4.58. The van der Waals surface area contributed by atoms with E-state index < -0.39 is 0 Å². The van der Waals surface area contributed by atoms with Crippen LogP contribution in [0, 0.1) is 13.8 Å². The molecule has 0 aliphatic rings. The van der Waals surface area contributed by atoms with Gasteiger partial charge in [0.15, 0.2) is 5.69 Å². The summed E-state index contributed by atoms with van der Waals surface area (Å²) < 4.78 is 7.41. The lowest BCUT2D eigenvalue weighted by molar-refractivity contribution is 0.577. The van der Waals surface area contributed by atoms with Crippen molar-refractivity contribution in [1.29, 1.82) is 0 Å². The zero-order valence-electron chi connectivity index (χ0n) is 13.4. The minimum atomic E-state index is 0.282. The van der Waals surface area contributed by atoms with E-state index in [0.29, 0.717) is 22.3 Å². The van der Waals surface area contributed by atoms with Gasteiger partial charge >= 0.3 is 0 Å². The first-order valence-electron chi connectivity index (χ1n) is 7.43. The van der Waals surface area contributed by atoms with Crippen LogP contribution in [-0.4, -0.2) is 25.0 Å². The summed E-state index contributed by atoms with van der Waals surface area (Å²) in [6.07, 6.45) is 0. The molecule has 0 amide bonds. The van der Waals surface area contributed by atoms with Crippen LogP contribution in [0.15, 0.2) is 34.7 Å². The van der Waals surface area contributed by atoms with Gasteiger partial charge in [0.2, 0.25) is 0 Å². The number of nitrogens with zero attached hydrogens (tertiary/aromatic N) is 5. The molecule has 0 saturated carbocycles. The lowest BCUT2D eigenvalue weighted by Crippen LogP contribution is -1.92. The Morgan fingerprint density at radius 2 is 1.83 bits per heavy atom. The fraction of sp³-hybridized carbons (Fsp3) is 0.176. The highest BCUT2D eigenvalue weighted by atomic mass is 35.5. The van der Waals surface area contributed by atoms with Gasteiger partial charge in [0.1, 0.15) is 5.69 Å². The smallest absolute Gasteiger partial charge is 0.270 e. The van der Waals surface area contributed by atoms with E-state index in [4.69, 9.17) is 16.0 Å². The Balaban J connectivity index is 1.77. The standard InChI is InChI=1S/C17H14ClN5O/c1-9-4-6-12-11(8-9)5-7-13(19-12)16-20-21-17(24-16)15-14(18)10(2)23(3)22-15/h4-8H,1-3H3. The summed E-state index contributed by atoms with van der Waals surface area (Å²) in [6.45, 7) is 3.93. The number of rotatable bonds is 2. The van der Waals surface area contributed by atoms with E-state index in [0.717, 1.165) is 16.6 Å². The number of aromatic nitrogens is 5. The molecule has 7 heteroatoms. The molecule has 0 fully saturated rings. The van der Waals surface area contributed by atoms with Crippen LogP contribution in [0.2, 0.25) is 5.02 Å². The van der Waals surface area contributed by atoms with E-state index in [9.17, 15) is 0 Å². The maximum atomic E-state index is 6.27. The van der Waals surface area contributed by atoms with E-state index in [1.165, 1.54) is 5.56 Å². The van der Waals surface area contributed by atoms with Crippen LogP contribution in [0.1, 0.15) is 11.3 Å². The Morgan fingerprint density at radius 3 is 2.58 bits per heavy atom. The summed E-state index contributed by atoms with van der Waals surface area (Å²) in [6, 6.07) is 9.94. The fourth-order valence-electron chi connectivity index (χ4n) is 2.51. The molecular formula is C17H14ClN5O. The van der Waals surface area contributed by atoms with Crippen molar-refractivity contribution in [3.63, 3.8) is 0 Å². The summed E-state index contributed by atoms with van der Waals surface area (Å²) in [5.74, 6) is 0.622. The van der Waals surface area contributed by atoms with Crippen molar-refractivity contribution in [2.45, 2.75) is 13.8 Å². The Kier molecular flexibility index (Phi) is 3.35. The normalized spacial score (nSPS) is 11.3. The van der Waals surface area contributed by atoms with Crippen LogP contribution < -0.4 is 0 Å². The van der Waals surface area contributed by atoms with E-state index in [1.54, 1.807) is 4.68 Å².